The Labute approximate surface area is 434 Å². The molecular formula is C68H112N2. The van der Waals surface area contributed by atoms with Crippen LogP contribution >= 0.6 is 0 Å². The van der Waals surface area contributed by atoms with Crippen molar-refractivity contribution >= 4 is 0 Å². The third-order valence-electron chi connectivity index (χ3n) is 23.1. The third kappa shape index (κ3) is 14.2. The second-order valence-corrected chi connectivity index (χ2v) is 27.9. The summed E-state index contributed by atoms with van der Waals surface area (Å²) in [5.74, 6) is 10.6. The maximum Gasteiger partial charge on any atom is 0.0133 e. The standard InChI is InChI=1S/C68H112N2/c1-51-17-21-55(22-18-51)29-31-59-37-45-63(46-38-59)69(61-41-33-57(34-42-61)27-25-53-11-5-3-6-12-53)67-49-50-68(66-16-10-9-15-65(66)67)70(62-43-35-58(36-44-62)28-26-54-13-7-4-8-14-54)64-47-39-60(40-48-64)32-30-56-23-19-52(2)20-24-56/h25-32,51-68H,3-24,33-50H2,1-2H3/b27-25+,28-26+,31-29+,32-30+. The minimum Gasteiger partial charge on any atom is -0.294 e. The number of hydrogen-bond acceptors (Lipinski definition) is 2. The van der Waals surface area contributed by atoms with Gasteiger partial charge in [0.15, 0.2) is 0 Å². The lowest BCUT2D eigenvalue weighted by Crippen LogP contribution is -2.62. The molecule has 10 fully saturated rings. The van der Waals surface area contributed by atoms with Gasteiger partial charge in [0.1, 0.15) is 0 Å². The Morgan fingerprint density at radius 1 is 0.214 bits per heavy atom. The predicted molar refractivity (Wildman–Crippen MR) is 301 cm³/mol. The Kier molecular flexibility index (Phi) is 19.9. The Morgan fingerprint density at radius 3 is 0.686 bits per heavy atom. The molecule has 0 saturated heterocycles. The van der Waals surface area contributed by atoms with E-state index in [-0.39, 0.29) is 0 Å². The summed E-state index contributed by atoms with van der Waals surface area (Å²) in [7, 11) is 0. The molecule has 394 valence electrons. The van der Waals surface area contributed by atoms with E-state index in [1.807, 2.05) is 0 Å². The summed E-state index contributed by atoms with van der Waals surface area (Å²) in [5, 5.41) is 0. The number of rotatable bonds is 14. The Hall–Kier alpha value is -1.12. The molecule has 0 aromatic carbocycles. The maximum absolute atomic E-state index is 3.42. The van der Waals surface area contributed by atoms with Crippen molar-refractivity contribution in [3.05, 3.63) is 48.6 Å². The summed E-state index contributed by atoms with van der Waals surface area (Å²) in [4.78, 5) is 6.84. The predicted octanol–water partition coefficient (Wildman–Crippen LogP) is 19.2. The zero-order valence-corrected chi connectivity index (χ0v) is 46.2. The molecule has 70 heavy (non-hydrogen) atoms. The first-order chi connectivity index (χ1) is 34.5. The highest BCUT2D eigenvalue weighted by Gasteiger charge is 2.50. The highest BCUT2D eigenvalue weighted by Crippen LogP contribution is 2.51. The SMILES string of the molecule is CC1CCC(/C=C/C2CCC(N(C3CCC(/C=C/C4CCCCC4)CC3)C3CCC(N(C4CCC(/C=C/C5CCCCC5)CC4)C4CCC(/C=C/C5CCC(C)CC5)CC4)C4CCCCC43)CC2)CC1. The summed E-state index contributed by atoms with van der Waals surface area (Å²) in [5.41, 5.74) is 0. The van der Waals surface area contributed by atoms with Crippen LogP contribution in [0.2, 0.25) is 0 Å². The molecule has 0 aromatic rings. The number of fused-ring (bicyclic) bond motifs is 1. The van der Waals surface area contributed by atoms with Gasteiger partial charge in [0.05, 0.1) is 0 Å². The van der Waals surface area contributed by atoms with Gasteiger partial charge in [0.25, 0.3) is 0 Å². The monoisotopic (exact) mass is 957 g/mol. The van der Waals surface area contributed by atoms with Crippen molar-refractivity contribution in [3.8, 4) is 0 Å². The molecule has 0 heterocycles. The normalized spacial score (nSPS) is 42.6. The zero-order chi connectivity index (χ0) is 47.5. The van der Waals surface area contributed by atoms with Gasteiger partial charge >= 0.3 is 0 Å². The molecule has 2 nitrogen and oxygen atoms in total. The van der Waals surface area contributed by atoms with Crippen LogP contribution in [0.15, 0.2) is 48.6 Å². The van der Waals surface area contributed by atoms with Crippen molar-refractivity contribution in [2.45, 2.75) is 307 Å². The van der Waals surface area contributed by atoms with Crippen LogP contribution in [0.5, 0.6) is 0 Å². The molecule has 0 radical (unpaired) electrons. The van der Waals surface area contributed by atoms with Crippen LogP contribution in [0.25, 0.3) is 0 Å². The van der Waals surface area contributed by atoms with Crippen LogP contribution in [0.4, 0.5) is 0 Å². The molecule has 4 unspecified atom stereocenters. The summed E-state index contributed by atoms with van der Waals surface area (Å²) in [6.45, 7) is 4.96. The second-order valence-electron chi connectivity index (χ2n) is 27.9. The van der Waals surface area contributed by atoms with Gasteiger partial charge in [0.2, 0.25) is 0 Å². The molecule has 0 spiro atoms. The lowest BCUT2D eigenvalue weighted by Gasteiger charge is -2.59. The van der Waals surface area contributed by atoms with Crippen LogP contribution in [-0.2, 0) is 0 Å². The first kappa shape index (κ1) is 52.3. The fourth-order valence-corrected chi connectivity index (χ4v) is 18.6. The fraction of sp³-hybridized carbons (Fsp3) is 0.882. The van der Waals surface area contributed by atoms with E-state index in [9.17, 15) is 0 Å². The van der Waals surface area contributed by atoms with Gasteiger partial charge in [-0.15, -0.1) is 0 Å². The van der Waals surface area contributed by atoms with Crippen LogP contribution in [0, 0.1) is 71.0 Å². The lowest BCUT2D eigenvalue weighted by molar-refractivity contribution is -0.0876. The van der Waals surface area contributed by atoms with Gasteiger partial charge in [-0.1, -0.05) is 140 Å². The first-order valence-electron chi connectivity index (χ1n) is 32.8. The van der Waals surface area contributed by atoms with Gasteiger partial charge in [0, 0.05) is 36.3 Å². The van der Waals surface area contributed by atoms with Crippen LogP contribution in [0.1, 0.15) is 271 Å². The van der Waals surface area contributed by atoms with Gasteiger partial charge in [-0.3, -0.25) is 9.80 Å². The van der Waals surface area contributed by atoms with Crippen molar-refractivity contribution in [2.75, 3.05) is 0 Å². The molecule has 10 rings (SSSR count). The van der Waals surface area contributed by atoms with Gasteiger partial charge in [-0.05, 0) is 251 Å². The Balaban J connectivity index is 0.843. The van der Waals surface area contributed by atoms with Crippen LogP contribution < -0.4 is 0 Å². The van der Waals surface area contributed by atoms with Gasteiger partial charge < -0.3 is 0 Å². The van der Waals surface area contributed by atoms with Crippen molar-refractivity contribution < 1.29 is 0 Å². The molecule has 10 saturated carbocycles. The average Bonchev–Trinajstić information content (AvgIpc) is 3.42. The van der Waals surface area contributed by atoms with E-state index in [1.54, 1.807) is 0 Å². The molecule has 10 aliphatic rings. The van der Waals surface area contributed by atoms with Crippen molar-refractivity contribution in [3.63, 3.8) is 0 Å². The van der Waals surface area contributed by atoms with Crippen LogP contribution in [0.3, 0.4) is 0 Å². The van der Waals surface area contributed by atoms with E-state index < -0.39 is 0 Å². The minimum absolute atomic E-state index is 0.831. The van der Waals surface area contributed by atoms with Crippen LogP contribution in [-0.4, -0.2) is 46.1 Å². The van der Waals surface area contributed by atoms with Crippen molar-refractivity contribution in [1.82, 2.24) is 9.80 Å². The van der Waals surface area contributed by atoms with E-state index in [0.717, 1.165) is 107 Å². The van der Waals surface area contributed by atoms with E-state index in [1.165, 1.54) is 257 Å². The lowest BCUT2D eigenvalue weighted by atomic mass is 9.63. The average molecular weight is 958 g/mol. The molecule has 0 amide bonds. The summed E-state index contributed by atoms with van der Waals surface area (Å²) in [6, 6.07) is 5.01. The maximum atomic E-state index is 3.42. The van der Waals surface area contributed by atoms with Crippen molar-refractivity contribution in [2.24, 2.45) is 71.0 Å². The third-order valence-corrected chi connectivity index (χ3v) is 23.1. The van der Waals surface area contributed by atoms with Gasteiger partial charge in [-0.2, -0.15) is 0 Å². The second kappa shape index (κ2) is 26.6. The van der Waals surface area contributed by atoms with E-state index >= 15 is 0 Å². The molecule has 10 aliphatic carbocycles. The smallest absolute Gasteiger partial charge is 0.0133 e. The zero-order valence-electron chi connectivity index (χ0n) is 46.2. The van der Waals surface area contributed by atoms with E-state index in [2.05, 4.69) is 72.3 Å². The first-order valence-corrected chi connectivity index (χ1v) is 32.8. The molecular weight excluding hydrogens is 845 g/mol. The van der Waals surface area contributed by atoms with Gasteiger partial charge in [-0.25, -0.2) is 0 Å². The molecule has 0 bridgehead atoms. The van der Waals surface area contributed by atoms with E-state index in [4.69, 9.17) is 0 Å². The molecule has 0 aliphatic heterocycles. The fourth-order valence-electron chi connectivity index (χ4n) is 18.6. The minimum atomic E-state index is 0.831. The number of allylic oxidation sites excluding steroid dienone is 8. The highest BCUT2D eigenvalue weighted by molar-refractivity contribution is 5.08. The van der Waals surface area contributed by atoms with Crippen molar-refractivity contribution in [1.29, 1.82) is 0 Å². The Bertz CT molecular complexity index is 1470. The Morgan fingerprint density at radius 2 is 0.429 bits per heavy atom. The highest BCUT2D eigenvalue weighted by atomic mass is 15.3. The molecule has 4 atom stereocenters. The summed E-state index contributed by atoms with van der Waals surface area (Å²) >= 11 is 0. The quantitative estimate of drug-likeness (QED) is 0.160. The molecule has 2 heteroatoms. The number of nitrogens with zero attached hydrogens (tertiary/aromatic N) is 2. The molecule has 0 aromatic heterocycles. The summed E-state index contributed by atoms with van der Waals surface area (Å²) in [6.07, 6.45) is 80.6. The number of hydrogen-bond donors (Lipinski definition) is 0. The largest absolute Gasteiger partial charge is 0.294 e. The summed E-state index contributed by atoms with van der Waals surface area (Å²) < 4.78 is 0. The van der Waals surface area contributed by atoms with E-state index in [0.29, 0.717) is 0 Å². The topological polar surface area (TPSA) is 6.48 Å². The molecule has 0 N–H and O–H groups in total.